The highest BCUT2D eigenvalue weighted by Crippen LogP contribution is 2.23. The Morgan fingerprint density at radius 1 is 1.06 bits per heavy atom. The summed E-state index contributed by atoms with van der Waals surface area (Å²) in [7, 11) is 0. The van der Waals surface area contributed by atoms with Crippen LogP contribution in [0.25, 0.3) is 0 Å². The summed E-state index contributed by atoms with van der Waals surface area (Å²) < 4.78 is 5.12. The third kappa shape index (κ3) is 6.74. The lowest BCUT2D eigenvalue weighted by Gasteiger charge is -2.35. The van der Waals surface area contributed by atoms with Gasteiger partial charge in [-0.05, 0) is 50.6 Å². The van der Waals surface area contributed by atoms with Crippen LogP contribution in [0.4, 0.5) is 11.8 Å². The predicted octanol–water partition coefficient (Wildman–Crippen LogP) is 3.10. The number of hydrogen-bond acceptors (Lipinski definition) is 9. The molecule has 2 fully saturated rings. The molecule has 0 spiro atoms. The molecule has 3 heterocycles. The van der Waals surface area contributed by atoms with Gasteiger partial charge in [0.05, 0.1) is 6.61 Å². The highest BCUT2D eigenvalue weighted by Gasteiger charge is 2.26. The van der Waals surface area contributed by atoms with Gasteiger partial charge in [0.2, 0.25) is 17.5 Å². The van der Waals surface area contributed by atoms with Gasteiger partial charge in [0.25, 0.3) is 0 Å². The van der Waals surface area contributed by atoms with Gasteiger partial charge in [-0.3, -0.25) is 4.79 Å². The average molecular weight is 536 g/mol. The largest absolute Gasteiger partial charge is 0.461 e. The summed E-state index contributed by atoms with van der Waals surface area (Å²) in [6.45, 7) is 7.58. The Labute approximate surface area is 220 Å². The zero-order valence-electron chi connectivity index (χ0n) is 20.4. The SMILES string of the molecule is CCOC(=O)c1nnc(N2CCN(C(=O)CCN3CCCC3)CC2)nc1NCc1ccc(Cl)cc1Cl. The number of piperazine rings is 1. The maximum Gasteiger partial charge on any atom is 0.362 e. The first kappa shape index (κ1) is 26.4. The maximum atomic E-state index is 12.7. The summed E-state index contributed by atoms with van der Waals surface area (Å²) in [5.74, 6) is 0.216. The van der Waals surface area contributed by atoms with Crippen molar-refractivity contribution in [2.24, 2.45) is 0 Å². The van der Waals surface area contributed by atoms with Crippen LogP contribution >= 0.6 is 23.2 Å². The number of carbonyl (C=O) groups excluding carboxylic acids is 2. The Bertz CT molecular complexity index is 1070. The number of likely N-dealkylation sites (tertiary alicyclic amines) is 1. The molecule has 1 amide bonds. The van der Waals surface area contributed by atoms with E-state index in [9.17, 15) is 9.59 Å². The van der Waals surface area contributed by atoms with E-state index in [1.165, 1.54) is 12.8 Å². The number of esters is 1. The van der Waals surface area contributed by atoms with Crippen LogP contribution in [0.3, 0.4) is 0 Å². The molecule has 36 heavy (non-hydrogen) atoms. The van der Waals surface area contributed by atoms with Crippen molar-refractivity contribution in [3.8, 4) is 0 Å². The molecule has 2 aromatic rings. The molecule has 0 radical (unpaired) electrons. The van der Waals surface area contributed by atoms with Crippen molar-refractivity contribution in [1.29, 1.82) is 0 Å². The second-order valence-corrected chi connectivity index (χ2v) is 9.63. The van der Waals surface area contributed by atoms with Gasteiger partial charge in [0.15, 0.2) is 5.82 Å². The molecule has 0 atom stereocenters. The lowest BCUT2D eigenvalue weighted by molar-refractivity contribution is -0.131. The molecule has 0 bridgehead atoms. The monoisotopic (exact) mass is 535 g/mol. The molecule has 1 aromatic heterocycles. The van der Waals surface area contributed by atoms with Gasteiger partial charge < -0.3 is 24.8 Å². The van der Waals surface area contributed by atoms with Gasteiger partial charge in [-0.1, -0.05) is 29.3 Å². The van der Waals surface area contributed by atoms with Crippen LogP contribution in [0.5, 0.6) is 0 Å². The van der Waals surface area contributed by atoms with Crippen molar-refractivity contribution >= 4 is 46.8 Å². The molecule has 12 heteroatoms. The minimum Gasteiger partial charge on any atom is -0.461 e. The Hall–Kier alpha value is -2.69. The number of aromatic nitrogens is 3. The summed E-state index contributed by atoms with van der Waals surface area (Å²) in [6, 6.07) is 5.20. The summed E-state index contributed by atoms with van der Waals surface area (Å²) >= 11 is 12.3. The molecule has 0 aliphatic carbocycles. The van der Waals surface area contributed by atoms with Crippen molar-refractivity contribution in [1.82, 2.24) is 25.0 Å². The lowest BCUT2D eigenvalue weighted by atomic mass is 10.2. The van der Waals surface area contributed by atoms with Crippen LogP contribution in [-0.4, -0.2) is 89.3 Å². The predicted molar refractivity (Wildman–Crippen MR) is 139 cm³/mol. The van der Waals surface area contributed by atoms with Crippen molar-refractivity contribution in [3.63, 3.8) is 0 Å². The van der Waals surface area contributed by atoms with E-state index in [4.69, 9.17) is 27.9 Å². The van der Waals surface area contributed by atoms with Crippen molar-refractivity contribution in [2.75, 3.05) is 62.6 Å². The minimum atomic E-state index is -0.609. The first-order chi connectivity index (χ1) is 17.4. The molecule has 0 saturated carbocycles. The fourth-order valence-corrected chi connectivity index (χ4v) is 4.80. The molecule has 10 nitrogen and oxygen atoms in total. The standard InChI is InChI=1S/C24H31Cl2N7O3/c1-2-36-23(35)21-22(27-16-17-5-6-18(25)15-19(17)26)28-24(30-29-21)33-13-11-32(12-14-33)20(34)7-10-31-8-3-4-9-31/h5-6,15H,2-4,7-14,16H2,1H3,(H,27,28,30). The van der Waals surface area contributed by atoms with E-state index in [1.54, 1.807) is 25.1 Å². The smallest absolute Gasteiger partial charge is 0.362 e. The van der Waals surface area contributed by atoms with E-state index in [0.717, 1.165) is 25.2 Å². The highest BCUT2D eigenvalue weighted by molar-refractivity contribution is 6.35. The van der Waals surface area contributed by atoms with Crippen molar-refractivity contribution in [3.05, 3.63) is 39.5 Å². The van der Waals surface area contributed by atoms with E-state index in [1.807, 2.05) is 9.80 Å². The quantitative estimate of drug-likeness (QED) is 0.485. The van der Waals surface area contributed by atoms with Crippen molar-refractivity contribution < 1.29 is 14.3 Å². The number of hydrogen-bond donors (Lipinski definition) is 1. The number of amides is 1. The molecule has 4 rings (SSSR count). The summed E-state index contributed by atoms with van der Waals surface area (Å²) in [6.07, 6.45) is 2.99. The van der Waals surface area contributed by atoms with Gasteiger partial charge in [-0.2, -0.15) is 4.98 Å². The summed E-state index contributed by atoms with van der Waals surface area (Å²) in [5.41, 5.74) is 0.790. The molecule has 2 saturated heterocycles. The second kappa shape index (κ2) is 12.5. The summed E-state index contributed by atoms with van der Waals surface area (Å²) in [5, 5.41) is 12.5. The van der Waals surface area contributed by atoms with Gasteiger partial charge in [0, 0.05) is 55.7 Å². The van der Waals surface area contributed by atoms with Gasteiger partial charge in [0.1, 0.15) is 0 Å². The minimum absolute atomic E-state index is 0.00131. The zero-order valence-corrected chi connectivity index (χ0v) is 21.9. The lowest BCUT2D eigenvalue weighted by Crippen LogP contribution is -2.49. The maximum absolute atomic E-state index is 12.7. The van der Waals surface area contributed by atoms with Crippen molar-refractivity contribution in [2.45, 2.75) is 32.7 Å². The average Bonchev–Trinajstić information content (AvgIpc) is 3.41. The molecule has 1 aromatic carbocycles. The molecular weight excluding hydrogens is 505 g/mol. The third-order valence-corrected chi connectivity index (χ3v) is 6.95. The van der Waals surface area contributed by atoms with Crippen LogP contribution in [0.1, 0.15) is 42.2 Å². The Balaban J connectivity index is 1.40. The van der Waals surface area contributed by atoms with E-state index >= 15 is 0 Å². The molecular formula is C24H31Cl2N7O3. The van der Waals surface area contributed by atoms with E-state index in [-0.39, 0.29) is 24.0 Å². The number of ether oxygens (including phenoxy) is 1. The topological polar surface area (TPSA) is 104 Å². The number of halogens is 2. The Kier molecular flexibility index (Phi) is 9.17. The highest BCUT2D eigenvalue weighted by atomic mass is 35.5. The van der Waals surface area contributed by atoms with E-state index in [2.05, 4.69) is 25.4 Å². The summed E-state index contributed by atoms with van der Waals surface area (Å²) in [4.78, 5) is 35.9. The molecule has 0 unspecified atom stereocenters. The molecule has 194 valence electrons. The van der Waals surface area contributed by atoms with Crippen LogP contribution in [0.15, 0.2) is 18.2 Å². The number of rotatable bonds is 9. The molecule has 2 aliphatic heterocycles. The first-order valence-electron chi connectivity index (χ1n) is 12.3. The van der Waals surface area contributed by atoms with E-state index < -0.39 is 5.97 Å². The number of nitrogens with zero attached hydrogens (tertiary/aromatic N) is 6. The van der Waals surface area contributed by atoms with Crippen LogP contribution in [0.2, 0.25) is 10.0 Å². The van der Waals surface area contributed by atoms with Gasteiger partial charge in [-0.25, -0.2) is 4.79 Å². The zero-order chi connectivity index (χ0) is 25.5. The fraction of sp³-hybridized carbons (Fsp3) is 0.542. The van der Waals surface area contributed by atoms with Gasteiger partial charge >= 0.3 is 5.97 Å². The second-order valence-electron chi connectivity index (χ2n) is 8.79. The van der Waals surface area contributed by atoms with Crippen LogP contribution < -0.4 is 10.2 Å². The van der Waals surface area contributed by atoms with Gasteiger partial charge in [-0.15, -0.1) is 10.2 Å². The number of anilines is 2. The third-order valence-electron chi connectivity index (χ3n) is 6.36. The Morgan fingerprint density at radius 2 is 1.81 bits per heavy atom. The number of benzene rings is 1. The van der Waals surface area contributed by atoms with Crippen LogP contribution in [-0.2, 0) is 16.1 Å². The molecule has 1 N–H and O–H groups in total. The normalized spacial score (nSPS) is 16.3. The number of carbonyl (C=O) groups is 2. The van der Waals surface area contributed by atoms with E-state index in [0.29, 0.717) is 55.1 Å². The first-order valence-corrected chi connectivity index (χ1v) is 13.0. The number of nitrogens with one attached hydrogen (secondary N) is 1. The fourth-order valence-electron chi connectivity index (χ4n) is 4.33. The Morgan fingerprint density at radius 3 is 2.50 bits per heavy atom. The molecule has 2 aliphatic rings. The van der Waals surface area contributed by atoms with Crippen LogP contribution in [0, 0.1) is 0 Å².